The fourth-order valence-corrected chi connectivity index (χ4v) is 4.12. The summed E-state index contributed by atoms with van der Waals surface area (Å²) in [6, 6.07) is 0.166. The molecule has 0 radical (unpaired) electrons. The molecule has 0 spiro atoms. The van der Waals surface area contributed by atoms with Crippen molar-refractivity contribution in [2.24, 2.45) is 11.7 Å². The van der Waals surface area contributed by atoms with Crippen molar-refractivity contribution in [3.8, 4) is 0 Å². The highest BCUT2D eigenvalue weighted by Gasteiger charge is 2.31. The van der Waals surface area contributed by atoms with Crippen molar-refractivity contribution in [3.63, 3.8) is 0 Å². The maximum absolute atomic E-state index is 11.8. The second-order valence-corrected chi connectivity index (χ2v) is 8.09. The van der Waals surface area contributed by atoms with Gasteiger partial charge in [-0.2, -0.15) is 0 Å². The smallest absolute Gasteiger partial charge is 0.222 e. The minimum atomic E-state index is -2.97. The van der Waals surface area contributed by atoms with Crippen LogP contribution in [0.3, 0.4) is 0 Å². The van der Waals surface area contributed by atoms with E-state index in [1.165, 1.54) is 0 Å². The predicted molar refractivity (Wildman–Crippen MR) is 76.5 cm³/mol. The van der Waals surface area contributed by atoms with Crippen LogP contribution < -0.4 is 11.1 Å². The van der Waals surface area contributed by atoms with E-state index in [9.17, 15) is 13.2 Å². The van der Waals surface area contributed by atoms with Gasteiger partial charge in [-0.1, -0.05) is 13.3 Å². The number of hydrogen-bond donors (Lipinski definition) is 2. The lowest BCUT2D eigenvalue weighted by Crippen LogP contribution is -2.37. The summed E-state index contributed by atoms with van der Waals surface area (Å²) in [5.74, 6) is 0.131. The summed E-state index contributed by atoms with van der Waals surface area (Å²) in [5, 5.41) is 2.39. The van der Waals surface area contributed by atoms with Gasteiger partial charge in [-0.25, -0.2) is 8.42 Å². The molecule has 0 bridgehead atoms. The zero-order valence-electron chi connectivity index (χ0n) is 11.9. The first-order valence-corrected chi connectivity index (χ1v) is 8.79. The van der Waals surface area contributed by atoms with Crippen LogP contribution >= 0.6 is 0 Å². The summed E-state index contributed by atoms with van der Waals surface area (Å²) < 4.78 is 23.3. The van der Waals surface area contributed by atoms with E-state index in [-0.39, 0.29) is 35.4 Å². The minimum Gasteiger partial charge on any atom is -0.355 e. The van der Waals surface area contributed by atoms with E-state index in [2.05, 4.69) is 5.32 Å². The van der Waals surface area contributed by atoms with Gasteiger partial charge in [0.15, 0.2) is 9.84 Å². The Morgan fingerprint density at radius 3 is 2.58 bits per heavy atom. The Balaban J connectivity index is 2.27. The SMILES string of the molecule is CC(N)CCCC(C)C(=O)NCC1CCCS1(=O)=O. The molecule has 1 heterocycles. The molecular weight excluding hydrogens is 264 g/mol. The van der Waals surface area contributed by atoms with Crippen molar-refractivity contribution in [2.45, 2.75) is 57.2 Å². The molecule has 1 amide bonds. The summed E-state index contributed by atoms with van der Waals surface area (Å²) in [4.78, 5) is 11.8. The Hall–Kier alpha value is -0.620. The maximum Gasteiger partial charge on any atom is 0.222 e. The highest BCUT2D eigenvalue weighted by molar-refractivity contribution is 7.92. The maximum atomic E-state index is 11.8. The Bertz CT molecular complexity index is 393. The third kappa shape index (κ3) is 5.48. The average molecular weight is 290 g/mol. The summed E-state index contributed by atoms with van der Waals surface area (Å²) in [5.41, 5.74) is 5.66. The molecule has 1 saturated heterocycles. The molecule has 0 saturated carbocycles. The first-order valence-electron chi connectivity index (χ1n) is 7.08. The van der Waals surface area contributed by atoms with Gasteiger partial charge in [0, 0.05) is 18.5 Å². The number of sulfone groups is 1. The lowest BCUT2D eigenvalue weighted by Gasteiger charge is -2.15. The molecule has 0 aliphatic carbocycles. The van der Waals surface area contributed by atoms with E-state index in [1.807, 2.05) is 13.8 Å². The molecular formula is C13H26N2O3S. The van der Waals surface area contributed by atoms with Gasteiger partial charge < -0.3 is 11.1 Å². The number of nitrogens with one attached hydrogen (secondary N) is 1. The Kier molecular flexibility index (Phi) is 6.26. The third-order valence-corrected chi connectivity index (χ3v) is 5.99. The quantitative estimate of drug-likeness (QED) is 0.727. The summed E-state index contributed by atoms with van der Waals surface area (Å²) in [6.07, 6.45) is 4.02. The van der Waals surface area contributed by atoms with Gasteiger partial charge >= 0.3 is 0 Å². The molecule has 0 aromatic carbocycles. The van der Waals surface area contributed by atoms with Crippen molar-refractivity contribution < 1.29 is 13.2 Å². The summed E-state index contributed by atoms with van der Waals surface area (Å²) >= 11 is 0. The van der Waals surface area contributed by atoms with Crippen LogP contribution in [-0.4, -0.2) is 37.9 Å². The molecule has 3 N–H and O–H groups in total. The average Bonchev–Trinajstić information content (AvgIpc) is 2.64. The standard InChI is InChI=1S/C13H26N2O3S/c1-10(5-3-6-11(2)14)13(16)15-9-12-7-4-8-19(12,17)18/h10-12H,3-9,14H2,1-2H3,(H,15,16). The highest BCUT2D eigenvalue weighted by Crippen LogP contribution is 2.19. The van der Waals surface area contributed by atoms with Gasteiger partial charge in [-0.15, -0.1) is 0 Å². The molecule has 0 aromatic heterocycles. The Morgan fingerprint density at radius 1 is 1.37 bits per heavy atom. The van der Waals surface area contributed by atoms with Crippen LogP contribution in [-0.2, 0) is 14.6 Å². The molecule has 3 unspecified atom stereocenters. The van der Waals surface area contributed by atoms with E-state index in [0.29, 0.717) is 12.8 Å². The van der Waals surface area contributed by atoms with Crippen molar-refractivity contribution >= 4 is 15.7 Å². The number of nitrogens with two attached hydrogens (primary N) is 1. The lowest BCUT2D eigenvalue weighted by molar-refractivity contribution is -0.124. The molecule has 1 fully saturated rings. The van der Waals surface area contributed by atoms with Crippen LogP contribution in [0.25, 0.3) is 0 Å². The van der Waals surface area contributed by atoms with E-state index in [1.54, 1.807) is 0 Å². The van der Waals surface area contributed by atoms with Gasteiger partial charge in [0.2, 0.25) is 5.91 Å². The van der Waals surface area contributed by atoms with Gasteiger partial charge in [-0.3, -0.25) is 4.79 Å². The van der Waals surface area contributed by atoms with Crippen LogP contribution in [0.2, 0.25) is 0 Å². The lowest BCUT2D eigenvalue weighted by atomic mass is 10.0. The van der Waals surface area contributed by atoms with Crippen LogP contribution in [0.4, 0.5) is 0 Å². The number of amides is 1. The largest absolute Gasteiger partial charge is 0.355 e. The molecule has 1 aliphatic rings. The van der Waals surface area contributed by atoms with Crippen molar-refractivity contribution in [2.75, 3.05) is 12.3 Å². The monoisotopic (exact) mass is 290 g/mol. The van der Waals surface area contributed by atoms with Crippen LogP contribution in [0, 0.1) is 5.92 Å². The van der Waals surface area contributed by atoms with Crippen molar-refractivity contribution in [1.82, 2.24) is 5.32 Å². The van der Waals surface area contributed by atoms with Crippen LogP contribution in [0.15, 0.2) is 0 Å². The number of rotatable bonds is 7. The zero-order valence-corrected chi connectivity index (χ0v) is 12.7. The van der Waals surface area contributed by atoms with Gasteiger partial charge in [0.1, 0.15) is 0 Å². The molecule has 1 rings (SSSR count). The van der Waals surface area contributed by atoms with E-state index in [0.717, 1.165) is 19.3 Å². The number of carbonyl (C=O) groups excluding carboxylic acids is 1. The van der Waals surface area contributed by atoms with Crippen LogP contribution in [0.1, 0.15) is 46.0 Å². The predicted octanol–water partition coefficient (Wildman–Crippen LogP) is 0.833. The van der Waals surface area contributed by atoms with Crippen LogP contribution in [0.5, 0.6) is 0 Å². The second kappa shape index (κ2) is 7.24. The van der Waals surface area contributed by atoms with Crippen molar-refractivity contribution in [1.29, 1.82) is 0 Å². The molecule has 5 nitrogen and oxygen atoms in total. The second-order valence-electron chi connectivity index (χ2n) is 5.69. The summed E-state index contributed by atoms with van der Waals surface area (Å²) in [7, 11) is -2.97. The van der Waals surface area contributed by atoms with E-state index in [4.69, 9.17) is 5.73 Å². The fraction of sp³-hybridized carbons (Fsp3) is 0.923. The van der Waals surface area contributed by atoms with Gasteiger partial charge in [0.05, 0.1) is 11.0 Å². The van der Waals surface area contributed by atoms with Crippen molar-refractivity contribution in [3.05, 3.63) is 0 Å². The molecule has 0 aromatic rings. The minimum absolute atomic E-state index is 0.0493. The van der Waals surface area contributed by atoms with E-state index < -0.39 is 9.84 Å². The molecule has 6 heteroatoms. The summed E-state index contributed by atoms with van der Waals surface area (Å²) in [6.45, 7) is 4.09. The van der Waals surface area contributed by atoms with Gasteiger partial charge in [0.25, 0.3) is 0 Å². The third-order valence-electron chi connectivity index (χ3n) is 3.71. The van der Waals surface area contributed by atoms with E-state index >= 15 is 0 Å². The molecule has 3 atom stereocenters. The zero-order chi connectivity index (χ0) is 14.5. The molecule has 112 valence electrons. The first-order chi connectivity index (χ1) is 8.83. The molecule has 19 heavy (non-hydrogen) atoms. The van der Waals surface area contributed by atoms with Gasteiger partial charge in [-0.05, 0) is 32.6 Å². The topological polar surface area (TPSA) is 89.3 Å². The fourth-order valence-electron chi connectivity index (χ4n) is 2.35. The highest BCUT2D eigenvalue weighted by atomic mass is 32.2. The Morgan fingerprint density at radius 2 is 2.05 bits per heavy atom. The molecule has 1 aliphatic heterocycles. The normalized spacial score (nSPS) is 24.9. The first kappa shape index (κ1) is 16.4. The number of hydrogen-bond acceptors (Lipinski definition) is 4. The Labute approximate surface area is 116 Å². The number of carbonyl (C=O) groups is 1.